The van der Waals surface area contributed by atoms with Crippen molar-refractivity contribution in [2.24, 2.45) is 4.99 Å². The zero-order chi connectivity index (χ0) is 22.1. The van der Waals surface area contributed by atoms with Crippen molar-refractivity contribution in [3.63, 3.8) is 0 Å². The van der Waals surface area contributed by atoms with Gasteiger partial charge >= 0.3 is 0 Å². The molecule has 7 nitrogen and oxygen atoms in total. The second kappa shape index (κ2) is 13.1. The maximum absolute atomic E-state index is 13.1. The first-order valence-electron chi connectivity index (χ1n) is 10.4. The molecule has 2 aromatic rings. The summed E-state index contributed by atoms with van der Waals surface area (Å²) in [5.41, 5.74) is 2.07. The van der Waals surface area contributed by atoms with Crippen LogP contribution in [0.5, 0.6) is 5.75 Å². The molecule has 0 aromatic heterocycles. The molecule has 0 aliphatic carbocycles. The topological polar surface area (TPSA) is 69.2 Å². The Labute approximate surface area is 206 Å². The number of rotatable bonds is 7. The van der Waals surface area contributed by atoms with E-state index in [2.05, 4.69) is 20.5 Å². The third kappa shape index (κ3) is 7.54. The van der Waals surface area contributed by atoms with Gasteiger partial charge in [-0.1, -0.05) is 12.1 Å². The van der Waals surface area contributed by atoms with Crippen LogP contribution in [0.3, 0.4) is 0 Å². The van der Waals surface area contributed by atoms with E-state index >= 15 is 0 Å². The third-order valence-electron chi connectivity index (χ3n) is 5.27. The van der Waals surface area contributed by atoms with Gasteiger partial charge in [0.1, 0.15) is 11.6 Å². The van der Waals surface area contributed by atoms with Gasteiger partial charge in [-0.2, -0.15) is 0 Å². The fourth-order valence-corrected chi connectivity index (χ4v) is 3.50. The maximum atomic E-state index is 13.1. The summed E-state index contributed by atoms with van der Waals surface area (Å²) >= 11 is 0. The smallest absolute Gasteiger partial charge is 0.224 e. The summed E-state index contributed by atoms with van der Waals surface area (Å²) in [7, 11) is 3.35. The number of hydrogen-bond donors (Lipinski definition) is 2. The Morgan fingerprint density at radius 3 is 2.47 bits per heavy atom. The molecule has 1 aliphatic heterocycles. The number of carbonyl (C=O) groups is 1. The van der Waals surface area contributed by atoms with Gasteiger partial charge in [-0.05, 0) is 42.0 Å². The number of methoxy groups -OCH3 is 1. The molecule has 32 heavy (non-hydrogen) atoms. The first-order chi connectivity index (χ1) is 15.1. The van der Waals surface area contributed by atoms with Gasteiger partial charge in [-0.3, -0.25) is 9.79 Å². The molecular weight excluding hydrogens is 524 g/mol. The molecule has 0 radical (unpaired) electrons. The Morgan fingerprint density at radius 2 is 1.81 bits per heavy atom. The van der Waals surface area contributed by atoms with Crippen LogP contribution in [-0.2, 0) is 11.3 Å². The average molecular weight is 555 g/mol. The third-order valence-corrected chi connectivity index (χ3v) is 5.27. The number of nitrogens with one attached hydrogen (secondary N) is 2. The van der Waals surface area contributed by atoms with Gasteiger partial charge in [0.2, 0.25) is 5.91 Å². The standard InChI is InChI=1S/C23H30FN5O2.HI/c1-25-23(27-17-18-4-3-5-21(16-18)31-2)26-11-10-22(30)29-14-12-28(13-15-29)20-8-6-19(24)7-9-20;/h3-9,16H,10-15,17H2,1-2H3,(H2,25,26,27);1H. The van der Waals surface area contributed by atoms with Crippen LogP contribution in [0, 0.1) is 5.82 Å². The lowest BCUT2D eigenvalue weighted by Crippen LogP contribution is -2.49. The van der Waals surface area contributed by atoms with E-state index in [0.29, 0.717) is 38.6 Å². The molecule has 1 fully saturated rings. The largest absolute Gasteiger partial charge is 0.497 e. The van der Waals surface area contributed by atoms with Crippen LogP contribution in [0.2, 0.25) is 0 Å². The lowest BCUT2D eigenvalue weighted by Gasteiger charge is -2.36. The molecule has 2 N–H and O–H groups in total. The van der Waals surface area contributed by atoms with Crippen LogP contribution >= 0.6 is 24.0 Å². The summed E-state index contributed by atoms with van der Waals surface area (Å²) in [6.07, 6.45) is 0.399. The number of benzene rings is 2. The van der Waals surface area contributed by atoms with Gasteiger partial charge in [-0.25, -0.2) is 4.39 Å². The van der Waals surface area contributed by atoms with Gasteiger partial charge < -0.3 is 25.2 Å². The predicted octanol–water partition coefficient (Wildman–Crippen LogP) is 2.86. The Hall–Kier alpha value is -2.56. The number of hydrogen-bond acceptors (Lipinski definition) is 4. The van der Waals surface area contributed by atoms with Crippen LogP contribution in [-0.4, -0.2) is 63.6 Å². The molecule has 1 saturated heterocycles. The van der Waals surface area contributed by atoms with Crippen molar-refractivity contribution in [3.05, 3.63) is 59.9 Å². The number of nitrogens with zero attached hydrogens (tertiary/aromatic N) is 3. The minimum atomic E-state index is -0.238. The van der Waals surface area contributed by atoms with Crippen molar-refractivity contribution in [1.82, 2.24) is 15.5 Å². The lowest BCUT2D eigenvalue weighted by atomic mass is 10.2. The first-order valence-corrected chi connectivity index (χ1v) is 10.4. The van der Waals surface area contributed by atoms with Crippen LogP contribution < -0.4 is 20.3 Å². The van der Waals surface area contributed by atoms with Crippen LogP contribution in [0.1, 0.15) is 12.0 Å². The second-order valence-corrected chi connectivity index (χ2v) is 7.30. The molecule has 174 valence electrons. The van der Waals surface area contributed by atoms with Crippen LogP contribution in [0.25, 0.3) is 0 Å². The number of aliphatic imine (C=N–C) groups is 1. The molecule has 0 atom stereocenters. The molecular formula is C23H31FIN5O2. The number of halogens is 2. The number of ether oxygens (including phenoxy) is 1. The maximum Gasteiger partial charge on any atom is 0.224 e. The normalized spacial score (nSPS) is 13.9. The van der Waals surface area contributed by atoms with Crippen LogP contribution in [0.4, 0.5) is 10.1 Å². The molecule has 2 aromatic carbocycles. The zero-order valence-electron chi connectivity index (χ0n) is 18.5. The van der Waals surface area contributed by atoms with E-state index in [0.717, 1.165) is 30.1 Å². The number of piperazine rings is 1. The van der Waals surface area contributed by atoms with E-state index < -0.39 is 0 Å². The highest BCUT2D eigenvalue weighted by atomic mass is 127. The lowest BCUT2D eigenvalue weighted by molar-refractivity contribution is -0.131. The van der Waals surface area contributed by atoms with E-state index in [-0.39, 0.29) is 35.7 Å². The molecule has 1 aliphatic rings. The Bertz CT molecular complexity index is 886. The monoisotopic (exact) mass is 555 g/mol. The van der Waals surface area contributed by atoms with Crippen molar-refractivity contribution in [1.29, 1.82) is 0 Å². The van der Waals surface area contributed by atoms with Gasteiger partial charge in [0, 0.05) is 58.4 Å². The van der Waals surface area contributed by atoms with Crippen molar-refractivity contribution < 1.29 is 13.9 Å². The SMILES string of the molecule is CN=C(NCCC(=O)N1CCN(c2ccc(F)cc2)CC1)NCc1cccc(OC)c1.I. The van der Waals surface area contributed by atoms with Crippen molar-refractivity contribution in [2.75, 3.05) is 51.8 Å². The average Bonchev–Trinajstić information content (AvgIpc) is 2.82. The Morgan fingerprint density at radius 1 is 1.09 bits per heavy atom. The number of carbonyl (C=O) groups excluding carboxylic acids is 1. The molecule has 1 heterocycles. The molecule has 9 heteroatoms. The fraction of sp³-hybridized carbons (Fsp3) is 0.391. The van der Waals surface area contributed by atoms with E-state index in [1.807, 2.05) is 29.2 Å². The van der Waals surface area contributed by atoms with E-state index in [9.17, 15) is 9.18 Å². The van der Waals surface area contributed by atoms with Gasteiger partial charge in [0.25, 0.3) is 0 Å². The number of guanidine groups is 1. The molecule has 0 saturated carbocycles. The molecule has 1 amide bonds. The van der Waals surface area contributed by atoms with Gasteiger partial charge in [0.05, 0.1) is 7.11 Å². The zero-order valence-corrected chi connectivity index (χ0v) is 20.8. The minimum absolute atomic E-state index is 0. The Kier molecular flexibility index (Phi) is 10.5. The number of anilines is 1. The molecule has 0 unspecified atom stereocenters. The van der Waals surface area contributed by atoms with Crippen molar-refractivity contribution in [2.45, 2.75) is 13.0 Å². The predicted molar refractivity (Wildman–Crippen MR) is 136 cm³/mol. The number of amides is 1. The molecule has 0 bridgehead atoms. The summed E-state index contributed by atoms with van der Waals surface area (Å²) in [5, 5.41) is 6.44. The fourth-order valence-electron chi connectivity index (χ4n) is 3.50. The van der Waals surface area contributed by atoms with Gasteiger partial charge in [0.15, 0.2) is 5.96 Å². The highest BCUT2D eigenvalue weighted by molar-refractivity contribution is 14.0. The Balaban J connectivity index is 0.00000363. The van der Waals surface area contributed by atoms with E-state index in [1.165, 1.54) is 12.1 Å². The first kappa shape index (κ1) is 25.7. The van der Waals surface area contributed by atoms with Gasteiger partial charge in [-0.15, -0.1) is 24.0 Å². The molecule has 0 spiro atoms. The summed E-state index contributed by atoms with van der Waals surface area (Å²) in [6.45, 7) is 3.94. The summed E-state index contributed by atoms with van der Waals surface area (Å²) in [5.74, 6) is 1.34. The quantitative estimate of drug-likeness (QED) is 0.313. The summed E-state index contributed by atoms with van der Waals surface area (Å²) in [4.78, 5) is 20.8. The highest BCUT2D eigenvalue weighted by Crippen LogP contribution is 2.17. The minimum Gasteiger partial charge on any atom is -0.497 e. The second-order valence-electron chi connectivity index (χ2n) is 7.30. The van der Waals surface area contributed by atoms with Crippen molar-refractivity contribution >= 4 is 41.5 Å². The summed E-state index contributed by atoms with van der Waals surface area (Å²) in [6, 6.07) is 14.3. The molecule has 3 rings (SSSR count). The van der Waals surface area contributed by atoms with E-state index in [4.69, 9.17) is 4.74 Å². The van der Waals surface area contributed by atoms with E-state index in [1.54, 1.807) is 26.3 Å². The summed E-state index contributed by atoms with van der Waals surface area (Å²) < 4.78 is 18.3. The van der Waals surface area contributed by atoms with Crippen LogP contribution in [0.15, 0.2) is 53.5 Å². The highest BCUT2D eigenvalue weighted by Gasteiger charge is 2.21. The van der Waals surface area contributed by atoms with Crippen molar-refractivity contribution in [3.8, 4) is 5.75 Å².